The average Bonchev–Trinajstić information content (AvgIpc) is 3.27. The summed E-state index contributed by atoms with van der Waals surface area (Å²) in [6.07, 6.45) is 4.20. The minimum atomic E-state index is -0.0977. The molecule has 1 atom stereocenters. The van der Waals surface area contributed by atoms with Crippen LogP contribution in [0.3, 0.4) is 0 Å². The van der Waals surface area contributed by atoms with Crippen molar-refractivity contribution in [1.82, 2.24) is 19.9 Å². The Balaban J connectivity index is 1.46. The van der Waals surface area contributed by atoms with Gasteiger partial charge in [0, 0.05) is 31.3 Å². The zero-order chi connectivity index (χ0) is 20.3. The van der Waals surface area contributed by atoms with Crippen LogP contribution in [0.15, 0.2) is 65.6 Å². The summed E-state index contributed by atoms with van der Waals surface area (Å²) in [5.74, 6) is 0.671. The van der Waals surface area contributed by atoms with Gasteiger partial charge >= 0.3 is 0 Å². The first-order valence-corrected chi connectivity index (χ1v) is 10.4. The van der Waals surface area contributed by atoms with Crippen molar-refractivity contribution in [3.63, 3.8) is 0 Å². The maximum atomic E-state index is 12.5. The third-order valence-electron chi connectivity index (χ3n) is 5.63. The minimum absolute atomic E-state index is 0.0977. The summed E-state index contributed by atoms with van der Waals surface area (Å²) >= 11 is 0. The van der Waals surface area contributed by atoms with Gasteiger partial charge in [-0.3, -0.25) is 14.7 Å². The maximum Gasteiger partial charge on any atom is 0.258 e. The molecular formula is C24H24N4O2. The molecule has 152 valence electrons. The lowest BCUT2D eigenvalue weighted by molar-refractivity contribution is 0.0671. The van der Waals surface area contributed by atoms with Crippen LogP contribution in [0.4, 0.5) is 0 Å². The number of nitrogens with one attached hydrogen (secondary N) is 1. The smallest absolute Gasteiger partial charge is 0.258 e. The predicted octanol–water partition coefficient (Wildman–Crippen LogP) is 3.65. The normalized spacial score (nSPS) is 16.6. The van der Waals surface area contributed by atoms with Gasteiger partial charge in [0.2, 0.25) is 0 Å². The van der Waals surface area contributed by atoms with Crippen LogP contribution in [0.2, 0.25) is 0 Å². The molecule has 1 N–H and O–H groups in total. The molecule has 6 nitrogen and oxygen atoms in total. The number of nitrogens with zero attached hydrogens (tertiary/aromatic N) is 3. The number of para-hydroxylation sites is 2. The maximum absolute atomic E-state index is 12.5. The van der Waals surface area contributed by atoms with Crippen molar-refractivity contribution in [2.45, 2.75) is 32.0 Å². The molecule has 6 heteroatoms. The van der Waals surface area contributed by atoms with Crippen molar-refractivity contribution in [3.05, 3.63) is 82.5 Å². The van der Waals surface area contributed by atoms with Gasteiger partial charge in [-0.25, -0.2) is 4.98 Å². The Kier molecular flexibility index (Phi) is 5.26. The van der Waals surface area contributed by atoms with Gasteiger partial charge in [0.15, 0.2) is 0 Å². The second-order valence-corrected chi connectivity index (χ2v) is 7.83. The number of hydrogen-bond donors (Lipinski definition) is 1. The van der Waals surface area contributed by atoms with Crippen LogP contribution >= 0.6 is 0 Å². The molecule has 2 aromatic carbocycles. The van der Waals surface area contributed by atoms with Crippen LogP contribution in [-0.2, 0) is 17.8 Å². The molecule has 0 saturated carbocycles. The zero-order valence-electron chi connectivity index (χ0n) is 16.8. The lowest BCUT2D eigenvalue weighted by Gasteiger charge is -2.25. The third-order valence-corrected chi connectivity index (χ3v) is 5.63. The molecule has 1 saturated heterocycles. The highest BCUT2D eigenvalue weighted by molar-refractivity contribution is 5.81. The summed E-state index contributed by atoms with van der Waals surface area (Å²) in [7, 11) is 0. The van der Waals surface area contributed by atoms with Gasteiger partial charge in [-0.05, 0) is 36.6 Å². The fraction of sp³-hybridized carbons (Fsp3) is 0.292. The molecule has 0 bridgehead atoms. The van der Waals surface area contributed by atoms with E-state index in [0.29, 0.717) is 24.3 Å². The molecule has 0 aliphatic carbocycles. The van der Waals surface area contributed by atoms with Crippen LogP contribution < -0.4 is 5.56 Å². The second kappa shape index (κ2) is 8.34. The Labute approximate surface area is 174 Å². The first-order valence-electron chi connectivity index (χ1n) is 10.4. The van der Waals surface area contributed by atoms with E-state index in [9.17, 15) is 4.79 Å². The van der Waals surface area contributed by atoms with Crippen LogP contribution in [-0.4, -0.2) is 39.1 Å². The van der Waals surface area contributed by atoms with Crippen LogP contribution in [0.1, 0.15) is 24.2 Å². The third kappa shape index (κ3) is 3.97. The minimum Gasteiger partial charge on any atom is -0.377 e. The quantitative estimate of drug-likeness (QED) is 0.535. The SMILES string of the molecule is O=c1[nH]c(CN(Cc2cccc3cccnc23)C[C@@H]2CCCO2)nc2ccccc12. The number of fused-ring (bicyclic) bond motifs is 2. The first kappa shape index (κ1) is 18.9. The summed E-state index contributed by atoms with van der Waals surface area (Å²) < 4.78 is 5.89. The molecule has 1 aliphatic rings. The number of benzene rings is 2. The van der Waals surface area contributed by atoms with Gasteiger partial charge in [-0.2, -0.15) is 0 Å². The molecule has 1 fully saturated rings. The van der Waals surface area contributed by atoms with Crippen LogP contribution in [0.5, 0.6) is 0 Å². The summed E-state index contributed by atoms with van der Waals surface area (Å²) in [6.45, 7) is 2.87. The molecular weight excluding hydrogens is 376 g/mol. The van der Waals surface area contributed by atoms with Crippen molar-refractivity contribution >= 4 is 21.8 Å². The highest BCUT2D eigenvalue weighted by Crippen LogP contribution is 2.21. The molecule has 5 rings (SSSR count). The van der Waals surface area contributed by atoms with Gasteiger partial charge in [-0.15, -0.1) is 0 Å². The van der Waals surface area contributed by atoms with Crippen molar-refractivity contribution in [2.75, 3.05) is 13.2 Å². The van der Waals surface area contributed by atoms with Gasteiger partial charge in [0.1, 0.15) is 5.82 Å². The average molecular weight is 400 g/mol. The number of hydrogen-bond acceptors (Lipinski definition) is 5. The van der Waals surface area contributed by atoms with E-state index in [1.807, 2.05) is 30.5 Å². The molecule has 4 aromatic rings. The van der Waals surface area contributed by atoms with Gasteiger partial charge < -0.3 is 9.72 Å². The zero-order valence-corrected chi connectivity index (χ0v) is 16.8. The van der Waals surface area contributed by atoms with E-state index < -0.39 is 0 Å². The topological polar surface area (TPSA) is 71.1 Å². The number of aromatic nitrogens is 3. The highest BCUT2D eigenvalue weighted by atomic mass is 16.5. The summed E-state index contributed by atoms with van der Waals surface area (Å²) in [5.41, 5.74) is 2.80. The van der Waals surface area contributed by atoms with E-state index in [4.69, 9.17) is 9.72 Å². The fourth-order valence-corrected chi connectivity index (χ4v) is 4.22. The summed E-state index contributed by atoms with van der Waals surface area (Å²) in [6, 6.07) is 17.8. The molecule has 2 aromatic heterocycles. The van der Waals surface area contributed by atoms with Gasteiger partial charge in [0.25, 0.3) is 5.56 Å². The van der Waals surface area contributed by atoms with E-state index in [2.05, 4.69) is 39.1 Å². The van der Waals surface area contributed by atoms with Crippen molar-refractivity contribution < 1.29 is 4.74 Å². The first-order chi connectivity index (χ1) is 14.8. The van der Waals surface area contributed by atoms with E-state index in [1.165, 1.54) is 0 Å². The molecule has 3 heterocycles. The number of rotatable bonds is 6. The van der Waals surface area contributed by atoms with Crippen LogP contribution in [0, 0.1) is 0 Å². The molecule has 0 amide bonds. The standard InChI is InChI=1S/C24H24N4O2/c29-24-20-10-1-2-11-21(20)26-22(27-24)16-28(15-19-9-5-13-30-19)14-18-7-3-6-17-8-4-12-25-23(17)18/h1-4,6-8,10-12,19H,5,9,13-16H2,(H,26,27,29)/t19-/m0/s1. The fourth-order valence-electron chi connectivity index (χ4n) is 4.22. The Morgan fingerprint density at radius 3 is 2.87 bits per heavy atom. The van der Waals surface area contributed by atoms with Crippen molar-refractivity contribution in [3.8, 4) is 0 Å². The number of ether oxygens (including phenoxy) is 1. The molecule has 1 aliphatic heterocycles. The Hall–Kier alpha value is -3.09. The Morgan fingerprint density at radius 2 is 1.97 bits per heavy atom. The van der Waals surface area contributed by atoms with E-state index in [-0.39, 0.29) is 11.7 Å². The molecule has 0 spiro atoms. The number of pyridine rings is 1. The van der Waals surface area contributed by atoms with Crippen LogP contribution in [0.25, 0.3) is 21.8 Å². The second-order valence-electron chi connectivity index (χ2n) is 7.83. The Bertz CT molecular complexity index is 1230. The lowest BCUT2D eigenvalue weighted by atomic mass is 10.1. The number of H-pyrrole nitrogens is 1. The molecule has 0 radical (unpaired) electrons. The van der Waals surface area contributed by atoms with Gasteiger partial charge in [-0.1, -0.05) is 36.4 Å². The lowest BCUT2D eigenvalue weighted by Crippen LogP contribution is -2.33. The molecule has 0 unspecified atom stereocenters. The summed E-state index contributed by atoms with van der Waals surface area (Å²) in [4.78, 5) is 27.1. The van der Waals surface area contributed by atoms with E-state index in [1.54, 1.807) is 6.07 Å². The van der Waals surface area contributed by atoms with Gasteiger partial charge in [0.05, 0.1) is 29.1 Å². The summed E-state index contributed by atoms with van der Waals surface area (Å²) in [5, 5.41) is 1.74. The number of aromatic amines is 1. The highest BCUT2D eigenvalue weighted by Gasteiger charge is 2.21. The Morgan fingerprint density at radius 1 is 1.07 bits per heavy atom. The monoisotopic (exact) mass is 400 g/mol. The largest absolute Gasteiger partial charge is 0.377 e. The molecule has 30 heavy (non-hydrogen) atoms. The van der Waals surface area contributed by atoms with E-state index >= 15 is 0 Å². The van der Waals surface area contributed by atoms with Crippen molar-refractivity contribution in [2.24, 2.45) is 0 Å². The predicted molar refractivity (Wildman–Crippen MR) is 117 cm³/mol. The van der Waals surface area contributed by atoms with Crippen molar-refractivity contribution in [1.29, 1.82) is 0 Å². The van der Waals surface area contributed by atoms with E-state index in [0.717, 1.165) is 48.0 Å².